The molecule has 2 N–H and O–H groups in total. The van der Waals surface area contributed by atoms with Gasteiger partial charge in [-0.15, -0.1) is 0 Å². The van der Waals surface area contributed by atoms with Crippen molar-refractivity contribution in [2.24, 2.45) is 5.73 Å². The van der Waals surface area contributed by atoms with Gasteiger partial charge in [0.15, 0.2) is 0 Å². The van der Waals surface area contributed by atoms with Gasteiger partial charge in [-0.3, -0.25) is 0 Å². The maximum Gasteiger partial charge on any atom is 0.137 e. The van der Waals surface area contributed by atoms with Crippen LogP contribution in [0.25, 0.3) is 5.69 Å². The highest BCUT2D eigenvalue weighted by Crippen LogP contribution is 2.29. The lowest BCUT2D eigenvalue weighted by Crippen LogP contribution is -2.34. The first-order valence-corrected chi connectivity index (χ1v) is 7.37. The van der Waals surface area contributed by atoms with Crippen molar-refractivity contribution in [3.63, 3.8) is 0 Å². The third-order valence-electron chi connectivity index (χ3n) is 4.15. The number of rotatable bonds is 4. The second-order valence-electron chi connectivity index (χ2n) is 5.47. The van der Waals surface area contributed by atoms with Gasteiger partial charge in [-0.05, 0) is 25.5 Å². The number of hydrogen-bond donors (Lipinski definition) is 1. The maximum atomic E-state index is 5.97. The quantitative estimate of drug-likeness (QED) is 0.932. The van der Waals surface area contributed by atoms with Gasteiger partial charge in [-0.1, -0.05) is 18.2 Å². The van der Waals surface area contributed by atoms with Crippen LogP contribution in [0.15, 0.2) is 30.3 Å². The molecule has 0 bridgehead atoms. The molecule has 0 aliphatic carbocycles. The van der Waals surface area contributed by atoms with Crippen LogP contribution in [0.3, 0.4) is 0 Å². The Morgan fingerprint density at radius 2 is 2.14 bits per heavy atom. The minimum Gasteiger partial charge on any atom is -0.379 e. The predicted octanol–water partition coefficient (Wildman–Crippen LogP) is 1.86. The molecule has 5 nitrogen and oxygen atoms in total. The summed E-state index contributed by atoms with van der Waals surface area (Å²) in [7, 11) is 2.11. The maximum absolute atomic E-state index is 5.97. The van der Waals surface area contributed by atoms with Crippen molar-refractivity contribution in [2.45, 2.75) is 25.9 Å². The summed E-state index contributed by atoms with van der Waals surface area (Å²) in [4.78, 5) is 2.27. The molecule has 1 unspecified atom stereocenters. The molecule has 112 valence electrons. The number of anilines is 1. The van der Waals surface area contributed by atoms with Crippen molar-refractivity contribution in [1.29, 1.82) is 0 Å². The smallest absolute Gasteiger partial charge is 0.137 e. The molecule has 21 heavy (non-hydrogen) atoms. The number of para-hydroxylation sites is 1. The van der Waals surface area contributed by atoms with Crippen molar-refractivity contribution < 1.29 is 4.74 Å². The van der Waals surface area contributed by atoms with Gasteiger partial charge in [0, 0.05) is 25.8 Å². The van der Waals surface area contributed by atoms with E-state index in [1.165, 1.54) is 0 Å². The zero-order valence-corrected chi connectivity index (χ0v) is 12.6. The van der Waals surface area contributed by atoms with Crippen LogP contribution in [0.4, 0.5) is 5.82 Å². The van der Waals surface area contributed by atoms with Crippen molar-refractivity contribution in [3.8, 4) is 5.69 Å². The Kier molecular flexibility index (Phi) is 3.94. The second kappa shape index (κ2) is 5.87. The summed E-state index contributed by atoms with van der Waals surface area (Å²) in [6.07, 6.45) is 1.04. The fraction of sp³-hybridized carbons (Fsp3) is 0.438. The topological polar surface area (TPSA) is 56.3 Å². The molecular weight excluding hydrogens is 264 g/mol. The number of ether oxygens (including phenoxy) is 1. The Hall–Kier alpha value is -1.85. The molecule has 2 heterocycles. The van der Waals surface area contributed by atoms with Gasteiger partial charge in [0.2, 0.25) is 0 Å². The highest BCUT2D eigenvalue weighted by molar-refractivity contribution is 5.55. The van der Waals surface area contributed by atoms with Gasteiger partial charge in [0.05, 0.1) is 24.0 Å². The Labute approximate surface area is 125 Å². The lowest BCUT2D eigenvalue weighted by molar-refractivity contribution is 0.193. The van der Waals surface area contributed by atoms with Crippen LogP contribution in [-0.4, -0.2) is 36.1 Å². The Morgan fingerprint density at radius 1 is 1.38 bits per heavy atom. The van der Waals surface area contributed by atoms with E-state index in [0.29, 0.717) is 12.6 Å². The van der Waals surface area contributed by atoms with Crippen LogP contribution in [-0.2, 0) is 11.3 Å². The molecule has 1 aromatic heterocycles. The summed E-state index contributed by atoms with van der Waals surface area (Å²) in [6.45, 7) is 4.10. The largest absolute Gasteiger partial charge is 0.379 e. The van der Waals surface area contributed by atoms with E-state index in [-0.39, 0.29) is 0 Å². The average molecular weight is 286 g/mol. The van der Waals surface area contributed by atoms with Gasteiger partial charge >= 0.3 is 0 Å². The third-order valence-corrected chi connectivity index (χ3v) is 4.15. The van der Waals surface area contributed by atoms with Crippen LogP contribution in [0.5, 0.6) is 0 Å². The third kappa shape index (κ3) is 2.54. The van der Waals surface area contributed by atoms with E-state index in [1.807, 2.05) is 29.8 Å². The molecule has 0 amide bonds. The summed E-state index contributed by atoms with van der Waals surface area (Å²) in [5.74, 6) is 1.08. The van der Waals surface area contributed by atoms with Crippen molar-refractivity contribution >= 4 is 5.82 Å². The monoisotopic (exact) mass is 286 g/mol. The normalized spacial score (nSPS) is 18.1. The first-order valence-electron chi connectivity index (χ1n) is 7.37. The molecule has 2 aromatic rings. The molecule has 1 aliphatic rings. The van der Waals surface area contributed by atoms with E-state index in [9.17, 15) is 0 Å². The summed E-state index contributed by atoms with van der Waals surface area (Å²) in [5.41, 5.74) is 9.12. The lowest BCUT2D eigenvalue weighted by Gasteiger charge is -2.27. The molecule has 0 radical (unpaired) electrons. The first-order chi connectivity index (χ1) is 10.2. The zero-order valence-electron chi connectivity index (χ0n) is 12.6. The predicted molar refractivity (Wildman–Crippen MR) is 83.8 cm³/mol. The number of aryl methyl sites for hydroxylation is 1. The molecule has 1 atom stereocenters. The van der Waals surface area contributed by atoms with Gasteiger partial charge in [0.25, 0.3) is 0 Å². The molecule has 1 fully saturated rings. The SMILES string of the molecule is Cc1nn(-c2ccccc2)c(N(C)C2CCOC2)c1CN. The van der Waals surface area contributed by atoms with Crippen LogP contribution < -0.4 is 10.6 Å². The van der Waals surface area contributed by atoms with Gasteiger partial charge in [-0.2, -0.15) is 5.10 Å². The molecule has 5 heteroatoms. The summed E-state index contributed by atoms with van der Waals surface area (Å²) < 4.78 is 7.52. The van der Waals surface area contributed by atoms with Crippen molar-refractivity contribution in [2.75, 3.05) is 25.2 Å². The van der Waals surface area contributed by atoms with E-state index in [1.54, 1.807) is 0 Å². The van der Waals surface area contributed by atoms with E-state index in [0.717, 1.165) is 42.4 Å². The van der Waals surface area contributed by atoms with E-state index >= 15 is 0 Å². The van der Waals surface area contributed by atoms with Crippen molar-refractivity contribution in [1.82, 2.24) is 9.78 Å². The summed E-state index contributed by atoms with van der Waals surface area (Å²) in [6, 6.07) is 10.6. The lowest BCUT2D eigenvalue weighted by atomic mass is 10.2. The Bertz CT molecular complexity index is 602. The van der Waals surface area contributed by atoms with Crippen molar-refractivity contribution in [3.05, 3.63) is 41.6 Å². The highest BCUT2D eigenvalue weighted by atomic mass is 16.5. The molecule has 1 aromatic carbocycles. The molecule has 3 rings (SSSR count). The van der Waals surface area contributed by atoms with Gasteiger partial charge in [0.1, 0.15) is 5.82 Å². The van der Waals surface area contributed by atoms with Gasteiger partial charge in [-0.25, -0.2) is 4.68 Å². The second-order valence-corrected chi connectivity index (χ2v) is 5.47. The Balaban J connectivity index is 2.08. The average Bonchev–Trinajstić information content (AvgIpc) is 3.15. The number of aromatic nitrogens is 2. The van der Waals surface area contributed by atoms with Crippen LogP contribution in [0, 0.1) is 6.92 Å². The molecule has 0 saturated carbocycles. The number of nitrogens with two attached hydrogens (primary N) is 1. The number of likely N-dealkylation sites (N-methyl/N-ethyl adjacent to an activating group) is 1. The molecule has 1 aliphatic heterocycles. The standard InChI is InChI=1S/C16H22N4O/c1-12-15(10-17)16(19(2)14-8-9-21-11-14)20(18-12)13-6-4-3-5-7-13/h3-7,14H,8-11,17H2,1-2H3. The van der Waals surface area contributed by atoms with E-state index in [4.69, 9.17) is 15.6 Å². The van der Waals surface area contributed by atoms with E-state index < -0.39 is 0 Å². The number of nitrogens with zero attached hydrogens (tertiary/aromatic N) is 3. The van der Waals surface area contributed by atoms with Gasteiger partial charge < -0.3 is 15.4 Å². The van der Waals surface area contributed by atoms with Crippen LogP contribution in [0.1, 0.15) is 17.7 Å². The van der Waals surface area contributed by atoms with Crippen LogP contribution >= 0.6 is 0 Å². The summed E-state index contributed by atoms with van der Waals surface area (Å²) in [5, 5.41) is 4.70. The highest BCUT2D eigenvalue weighted by Gasteiger charge is 2.26. The van der Waals surface area contributed by atoms with E-state index in [2.05, 4.69) is 24.1 Å². The number of hydrogen-bond acceptors (Lipinski definition) is 4. The molecule has 1 saturated heterocycles. The zero-order chi connectivity index (χ0) is 14.8. The fourth-order valence-corrected chi connectivity index (χ4v) is 2.90. The minimum absolute atomic E-state index is 0.383. The first kappa shape index (κ1) is 14.1. The summed E-state index contributed by atoms with van der Waals surface area (Å²) >= 11 is 0. The fourth-order valence-electron chi connectivity index (χ4n) is 2.90. The molecular formula is C16H22N4O. The Morgan fingerprint density at radius 3 is 2.76 bits per heavy atom. The molecule has 0 spiro atoms. The number of benzene rings is 1. The minimum atomic E-state index is 0.383. The van der Waals surface area contributed by atoms with Crippen LogP contribution in [0.2, 0.25) is 0 Å².